The van der Waals surface area contributed by atoms with Gasteiger partial charge in [-0.15, -0.1) is 0 Å². The molecule has 26 heavy (non-hydrogen) atoms. The van der Waals surface area contributed by atoms with Gasteiger partial charge < -0.3 is 0 Å². The Morgan fingerprint density at radius 1 is 1.15 bits per heavy atom. The van der Waals surface area contributed by atoms with Gasteiger partial charge in [0.2, 0.25) is 0 Å². The van der Waals surface area contributed by atoms with Crippen molar-refractivity contribution in [3.63, 3.8) is 0 Å². The van der Waals surface area contributed by atoms with Gasteiger partial charge in [-0.1, -0.05) is 47.5 Å². The lowest BCUT2D eigenvalue weighted by molar-refractivity contribution is 0.0949. The quantitative estimate of drug-likeness (QED) is 0.551. The van der Waals surface area contributed by atoms with Crippen LogP contribution >= 0.6 is 23.2 Å². The van der Waals surface area contributed by atoms with Crippen LogP contribution in [-0.4, -0.2) is 21.4 Å². The Balaban J connectivity index is 1.95. The number of amides is 1. The van der Waals surface area contributed by atoms with E-state index < -0.39 is 5.91 Å². The maximum absolute atomic E-state index is 12.5. The van der Waals surface area contributed by atoms with Crippen LogP contribution in [0.1, 0.15) is 23.0 Å². The molecule has 0 atom stereocenters. The summed E-state index contributed by atoms with van der Waals surface area (Å²) in [6, 6.07) is 11.8. The van der Waals surface area contributed by atoms with Gasteiger partial charge in [-0.2, -0.15) is 10.2 Å². The lowest BCUT2D eigenvalue weighted by Crippen LogP contribution is -2.27. The topological polar surface area (TPSA) is 76.3 Å². The summed E-state index contributed by atoms with van der Waals surface area (Å²) in [6.45, 7) is 1.71. The summed E-state index contributed by atoms with van der Waals surface area (Å²) in [5.41, 5.74) is 3.45. The van der Waals surface area contributed by atoms with Gasteiger partial charge in [0.25, 0.3) is 11.5 Å². The number of benzene rings is 2. The van der Waals surface area contributed by atoms with Crippen LogP contribution in [0, 0.1) is 0 Å². The van der Waals surface area contributed by atoms with Crippen LogP contribution in [0.4, 0.5) is 0 Å². The summed E-state index contributed by atoms with van der Waals surface area (Å²) in [4.78, 5) is 24.7. The van der Waals surface area contributed by atoms with E-state index in [1.807, 2.05) is 0 Å². The molecule has 0 spiro atoms. The summed E-state index contributed by atoms with van der Waals surface area (Å²) < 4.78 is 1.13. The van der Waals surface area contributed by atoms with E-state index in [-0.39, 0.29) is 11.3 Å². The molecule has 0 aliphatic rings. The molecule has 132 valence electrons. The van der Waals surface area contributed by atoms with Crippen LogP contribution in [0.15, 0.2) is 52.4 Å². The van der Waals surface area contributed by atoms with Crippen molar-refractivity contribution < 1.29 is 4.79 Å². The first kappa shape index (κ1) is 18.1. The van der Waals surface area contributed by atoms with Gasteiger partial charge in [-0.25, -0.2) is 10.1 Å². The third-order valence-electron chi connectivity index (χ3n) is 3.82. The lowest BCUT2D eigenvalue weighted by Gasteiger charge is -2.08. The van der Waals surface area contributed by atoms with Gasteiger partial charge in [0.1, 0.15) is 0 Å². The maximum atomic E-state index is 12.5. The van der Waals surface area contributed by atoms with Crippen molar-refractivity contribution >= 4 is 45.6 Å². The number of carbonyl (C=O) groups is 1. The second kappa shape index (κ2) is 7.27. The number of rotatable bonds is 3. The molecule has 0 unspecified atom stereocenters. The Hall–Kier alpha value is -2.70. The third kappa shape index (κ3) is 3.47. The maximum Gasteiger partial charge on any atom is 0.292 e. The molecular weight excluding hydrogens is 375 g/mol. The Morgan fingerprint density at radius 3 is 2.54 bits per heavy atom. The number of nitrogens with zero attached hydrogens (tertiary/aromatic N) is 3. The van der Waals surface area contributed by atoms with Gasteiger partial charge in [-0.05, 0) is 25.1 Å². The van der Waals surface area contributed by atoms with Crippen LogP contribution in [0.25, 0.3) is 10.8 Å². The van der Waals surface area contributed by atoms with Crippen molar-refractivity contribution in [3.05, 3.63) is 74.1 Å². The van der Waals surface area contributed by atoms with Crippen molar-refractivity contribution in [3.8, 4) is 0 Å². The summed E-state index contributed by atoms with van der Waals surface area (Å²) >= 11 is 12.0. The van der Waals surface area contributed by atoms with E-state index in [2.05, 4.69) is 15.6 Å². The molecule has 1 heterocycles. The minimum Gasteiger partial charge on any atom is -0.267 e. The number of aryl methyl sites for hydroxylation is 1. The first-order chi connectivity index (χ1) is 12.4. The molecule has 2 aromatic carbocycles. The van der Waals surface area contributed by atoms with Gasteiger partial charge in [-0.3, -0.25) is 9.59 Å². The first-order valence-electron chi connectivity index (χ1n) is 7.64. The highest BCUT2D eigenvalue weighted by molar-refractivity contribution is 6.37. The number of hydrogen-bond donors (Lipinski definition) is 1. The van der Waals surface area contributed by atoms with E-state index in [0.29, 0.717) is 32.1 Å². The molecule has 0 aliphatic carbocycles. The average Bonchev–Trinajstić information content (AvgIpc) is 2.62. The second-order valence-electron chi connectivity index (χ2n) is 5.59. The summed E-state index contributed by atoms with van der Waals surface area (Å²) in [7, 11) is 1.49. The fourth-order valence-electron chi connectivity index (χ4n) is 2.50. The zero-order valence-electron chi connectivity index (χ0n) is 14.0. The normalized spacial score (nSPS) is 11.6. The molecule has 1 N–H and O–H groups in total. The molecule has 0 saturated heterocycles. The number of fused-ring (bicyclic) bond motifs is 1. The number of hydrogen-bond acceptors (Lipinski definition) is 4. The van der Waals surface area contributed by atoms with E-state index in [1.54, 1.807) is 49.4 Å². The number of aromatic nitrogens is 2. The van der Waals surface area contributed by atoms with Crippen LogP contribution in [-0.2, 0) is 7.05 Å². The molecule has 0 bridgehead atoms. The van der Waals surface area contributed by atoms with Gasteiger partial charge in [0.05, 0.1) is 16.1 Å². The first-order valence-corrected chi connectivity index (χ1v) is 8.40. The SMILES string of the molecule is C/C(=N/NC(=O)c1nn(C)c(=O)c2ccccc12)c1ccc(Cl)cc1Cl. The summed E-state index contributed by atoms with van der Waals surface area (Å²) in [6.07, 6.45) is 0. The van der Waals surface area contributed by atoms with Crippen molar-refractivity contribution in [2.24, 2.45) is 12.1 Å². The average molecular weight is 389 g/mol. The largest absolute Gasteiger partial charge is 0.292 e. The third-order valence-corrected chi connectivity index (χ3v) is 4.37. The molecule has 1 amide bonds. The molecule has 0 saturated carbocycles. The van der Waals surface area contributed by atoms with Gasteiger partial charge >= 0.3 is 0 Å². The minimum atomic E-state index is -0.527. The van der Waals surface area contributed by atoms with Crippen LogP contribution in [0.3, 0.4) is 0 Å². The number of carbonyl (C=O) groups excluding carboxylic acids is 1. The van der Waals surface area contributed by atoms with Crippen LogP contribution in [0.5, 0.6) is 0 Å². The van der Waals surface area contributed by atoms with E-state index in [4.69, 9.17) is 23.2 Å². The highest BCUT2D eigenvalue weighted by Gasteiger charge is 2.15. The number of halogens is 2. The van der Waals surface area contributed by atoms with Crippen molar-refractivity contribution in [2.45, 2.75) is 6.92 Å². The number of hydrazone groups is 1. The zero-order valence-corrected chi connectivity index (χ0v) is 15.5. The molecule has 8 heteroatoms. The predicted octanol–water partition coefficient (Wildman–Crippen LogP) is 3.39. The van der Waals surface area contributed by atoms with Gasteiger partial charge in [0, 0.05) is 23.0 Å². The highest BCUT2D eigenvalue weighted by Crippen LogP contribution is 2.21. The molecule has 0 radical (unpaired) electrons. The molecular formula is C18H14Cl2N4O2. The smallest absolute Gasteiger partial charge is 0.267 e. The summed E-state index contributed by atoms with van der Waals surface area (Å²) in [5, 5.41) is 9.96. The Labute approximate surface area is 159 Å². The van der Waals surface area contributed by atoms with E-state index in [9.17, 15) is 9.59 Å². The van der Waals surface area contributed by atoms with Crippen molar-refractivity contribution in [2.75, 3.05) is 0 Å². The minimum absolute atomic E-state index is 0.112. The Bertz CT molecular complexity index is 1110. The Kier molecular flexibility index (Phi) is 5.06. The van der Waals surface area contributed by atoms with E-state index >= 15 is 0 Å². The Morgan fingerprint density at radius 2 is 1.85 bits per heavy atom. The predicted molar refractivity (Wildman–Crippen MR) is 103 cm³/mol. The molecule has 0 fully saturated rings. The van der Waals surface area contributed by atoms with Gasteiger partial charge in [0.15, 0.2) is 5.69 Å². The molecule has 6 nitrogen and oxygen atoms in total. The standard InChI is InChI=1S/C18H14Cl2N4O2/c1-10(12-8-7-11(19)9-15(12)20)21-22-17(25)16-13-5-3-4-6-14(13)18(26)24(2)23-16/h3-9H,1-2H3,(H,22,25)/b21-10-. The van der Waals surface area contributed by atoms with Crippen molar-refractivity contribution in [1.82, 2.24) is 15.2 Å². The van der Waals surface area contributed by atoms with E-state index in [1.165, 1.54) is 7.05 Å². The highest BCUT2D eigenvalue weighted by atomic mass is 35.5. The molecule has 0 aliphatic heterocycles. The second-order valence-corrected chi connectivity index (χ2v) is 6.43. The lowest BCUT2D eigenvalue weighted by atomic mass is 10.1. The fourth-order valence-corrected chi connectivity index (χ4v) is 3.04. The molecule has 1 aromatic heterocycles. The van der Waals surface area contributed by atoms with Crippen LogP contribution in [0.2, 0.25) is 10.0 Å². The fraction of sp³-hybridized carbons (Fsp3) is 0.111. The van der Waals surface area contributed by atoms with Crippen LogP contribution < -0.4 is 11.0 Å². The molecule has 3 aromatic rings. The van der Waals surface area contributed by atoms with Crippen molar-refractivity contribution in [1.29, 1.82) is 0 Å². The number of nitrogens with one attached hydrogen (secondary N) is 1. The zero-order chi connectivity index (χ0) is 18.8. The molecule has 3 rings (SSSR count). The summed E-state index contributed by atoms with van der Waals surface area (Å²) in [5.74, 6) is -0.527. The monoisotopic (exact) mass is 388 g/mol. The van der Waals surface area contributed by atoms with E-state index in [0.717, 1.165) is 4.68 Å².